The zero-order valence-corrected chi connectivity index (χ0v) is 9.38. The van der Waals surface area contributed by atoms with Gasteiger partial charge in [0.2, 0.25) is 0 Å². The molecule has 4 nitrogen and oxygen atoms in total. The highest BCUT2D eigenvalue weighted by atomic mass is 16.6. The molecule has 17 heavy (non-hydrogen) atoms. The zero-order chi connectivity index (χ0) is 12.3. The van der Waals surface area contributed by atoms with Gasteiger partial charge in [-0.2, -0.15) is 0 Å². The van der Waals surface area contributed by atoms with Crippen LogP contribution in [-0.2, 0) is 4.79 Å². The number of fused-ring (bicyclic) bond motifs is 1. The topological polar surface area (TPSA) is 58.6 Å². The van der Waals surface area contributed by atoms with Crippen LogP contribution in [0.15, 0.2) is 42.5 Å². The lowest BCUT2D eigenvalue weighted by atomic mass is 10.1. The Balaban J connectivity index is 2.21. The van der Waals surface area contributed by atoms with E-state index in [-0.39, 0.29) is 0 Å². The molecule has 0 aromatic heterocycles. The fourth-order valence-electron chi connectivity index (χ4n) is 1.49. The van der Waals surface area contributed by atoms with Gasteiger partial charge in [0.05, 0.1) is 0 Å². The van der Waals surface area contributed by atoms with Gasteiger partial charge in [0.15, 0.2) is 5.75 Å². The number of benzene rings is 2. The van der Waals surface area contributed by atoms with Crippen LogP contribution >= 0.6 is 0 Å². The molecule has 2 rings (SSSR count). The summed E-state index contributed by atoms with van der Waals surface area (Å²) in [6.45, 7) is 1.52. The molecule has 1 atom stereocenters. The lowest BCUT2D eigenvalue weighted by Gasteiger charge is -2.12. The molecule has 0 saturated heterocycles. The molecular formula is C13H13NO3. The lowest BCUT2D eigenvalue weighted by Crippen LogP contribution is -2.36. The minimum Gasteiger partial charge on any atom is -0.480 e. The van der Waals surface area contributed by atoms with Gasteiger partial charge in [-0.05, 0) is 18.4 Å². The second kappa shape index (κ2) is 4.84. The van der Waals surface area contributed by atoms with Gasteiger partial charge in [0.25, 0.3) is 0 Å². The minimum atomic E-state index is -0.953. The van der Waals surface area contributed by atoms with Crippen LogP contribution in [0, 0.1) is 0 Å². The maximum Gasteiger partial charge on any atom is 0.323 e. The van der Waals surface area contributed by atoms with Crippen molar-refractivity contribution in [3.63, 3.8) is 0 Å². The van der Waals surface area contributed by atoms with E-state index in [0.29, 0.717) is 5.75 Å². The van der Waals surface area contributed by atoms with Gasteiger partial charge in [0, 0.05) is 5.39 Å². The molecule has 0 aliphatic heterocycles. The Morgan fingerprint density at radius 2 is 1.94 bits per heavy atom. The SMILES string of the molecule is C[C@H](NOc1cccc2ccccc12)C(=O)O. The summed E-state index contributed by atoms with van der Waals surface area (Å²) in [4.78, 5) is 16.0. The molecule has 4 heteroatoms. The van der Waals surface area contributed by atoms with Crippen LogP contribution in [0.3, 0.4) is 0 Å². The number of aliphatic carboxylic acids is 1. The van der Waals surface area contributed by atoms with Gasteiger partial charge in [-0.1, -0.05) is 36.4 Å². The van der Waals surface area contributed by atoms with E-state index in [0.717, 1.165) is 10.8 Å². The highest BCUT2D eigenvalue weighted by Gasteiger charge is 2.11. The molecule has 0 heterocycles. The molecule has 0 fully saturated rings. The molecule has 0 amide bonds. The second-order valence-electron chi connectivity index (χ2n) is 3.76. The van der Waals surface area contributed by atoms with Crippen LogP contribution in [0.25, 0.3) is 10.8 Å². The van der Waals surface area contributed by atoms with Crippen molar-refractivity contribution in [3.8, 4) is 5.75 Å². The van der Waals surface area contributed by atoms with Crippen LogP contribution < -0.4 is 10.3 Å². The maximum absolute atomic E-state index is 10.6. The monoisotopic (exact) mass is 231 g/mol. The van der Waals surface area contributed by atoms with Crippen LogP contribution in [0.4, 0.5) is 0 Å². The number of hydroxylamine groups is 1. The Morgan fingerprint density at radius 1 is 1.24 bits per heavy atom. The molecule has 0 aliphatic carbocycles. The third-order valence-electron chi connectivity index (χ3n) is 2.47. The normalized spacial score (nSPS) is 12.3. The summed E-state index contributed by atoms with van der Waals surface area (Å²) in [6, 6.07) is 12.6. The molecule has 88 valence electrons. The predicted molar refractivity (Wildman–Crippen MR) is 64.8 cm³/mol. The molecule has 2 aromatic rings. The first-order valence-corrected chi connectivity index (χ1v) is 5.31. The van der Waals surface area contributed by atoms with Crippen molar-refractivity contribution < 1.29 is 14.7 Å². The average molecular weight is 231 g/mol. The zero-order valence-electron chi connectivity index (χ0n) is 9.38. The summed E-state index contributed by atoms with van der Waals surface area (Å²) in [6.07, 6.45) is 0. The van der Waals surface area contributed by atoms with Crippen molar-refractivity contribution in [2.24, 2.45) is 0 Å². The van der Waals surface area contributed by atoms with Gasteiger partial charge in [-0.25, -0.2) is 0 Å². The lowest BCUT2D eigenvalue weighted by molar-refractivity contribution is -0.141. The summed E-state index contributed by atoms with van der Waals surface area (Å²) in [5.74, 6) is -0.332. The summed E-state index contributed by atoms with van der Waals surface area (Å²) >= 11 is 0. The Labute approximate surface area is 98.8 Å². The first-order valence-electron chi connectivity index (χ1n) is 5.31. The van der Waals surface area contributed by atoms with E-state index in [4.69, 9.17) is 9.94 Å². The molecule has 0 radical (unpaired) electrons. The fraction of sp³-hybridized carbons (Fsp3) is 0.154. The van der Waals surface area contributed by atoms with E-state index in [9.17, 15) is 4.79 Å². The molecule has 0 unspecified atom stereocenters. The van der Waals surface area contributed by atoms with E-state index in [1.54, 1.807) is 6.07 Å². The van der Waals surface area contributed by atoms with E-state index >= 15 is 0 Å². The van der Waals surface area contributed by atoms with Gasteiger partial charge < -0.3 is 9.94 Å². The van der Waals surface area contributed by atoms with E-state index in [1.165, 1.54) is 6.92 Å². The highest BCUT2D eigenvalue weighted by molar-refractivity contribution is 5.88. The first-order chi connectivity index (χ1) is 8.18. The van der Waals surface area contributed by atoms with Crippen molar-refractivity contribution in [3.05, 3.63) is 42.5 Å². The van der Waals surface area contributed by atoms with Crippen molar-refractivity contribution in [1.82, 2.24) is 5.48 Å². The van der Waals surface area contributed by atoms with E-state index < -0.39 is 12.0 Å². The first kappa shape index (κ1) is 11.4. The van der Waals surface area contributed by atoms with Gasteiger partial charge in [-0.15, -0.1) is 5.48 Å². The summed E-state index contributed by atoms with van der Waals surface area (Å²) in [5, 5.41) is 10.7. The highest BCUT2D eigenvalue weighted by Crippen LogP contribution is 2.24. The number of rotatable bonds is 4. The van der Waals surface area contributed by atoms with E-state index in [1.807, 2.05) is 36.4 Å². The largest absolute Gasteiger partial charge is 0.480 e. The minimum absolute atomic E-state index is 0.621. The number of nitrogens with one attached hydrogen (secondary N) is 1. The molecule has 0 spiro atoms. The van der Waals surface area contributed by atoms with Crippen LogP contribution in [0.1, 0.15) is 6.92 Å². The van der Waals surface area contributed by atoms with Crippen molar-refractivity contribution in [1.29, 1.82) is 0 Å². The van der Waals surface area contributed by atoms with Crippen molar-refractivity contribution >= 4 is 16.7 Å². The molecule has 2 N–H and O–H groups in total. The summed E-state index contributed by atoms with van der Waals surface area (Å²) < 4.78 is 0. The molecule has 0 bridgehead atoms. The van der Waals surface area contributed by atoms with E-state index in [2.05, 4.69) is 5.48 Å². The Kier molecular flexibility index (Phi) is 3.25. The summed E-state index contributed by atoms with van der Waals surface area (Å²) in [7, 11) is 0. The third-order valence-corrected chi connectivity index (χ3v) is 2.47. The van der Waals surface area contributed by atoms with Crippen LogP contribution in [0.2, 0.25) is 0 Å². The predicted octanol–water partition coefficient (Wildman–Crippen LogP) is 2.20. The van der Waals surface area contributed by atoms with Crippen LogP contribution in [-0.4, -0.2) is 17.1 Å². The Bertz CT molecular complexity index is 534. The molecular weight excluding hydrogens is 218 g/mol. The van der Waals surface area contributed by atoms with Crippen molar-refractivity contribution in [2.75, 3.05) is 0 Å². The third kappa shape index (κ3) is 2.54. The number of carbonyl (C=O) groups is 1. The van der Waals surface area contributed by atoms with Gasteiger partial charge in [-0.3, -0.25) is 4.79 Å². The standard InChI is InChI=1S/C13H13NO3/c1-9(13(15)16)14-17-12-8-4-6-10-5-2-3-7-11(10)12/h2-9,14H,1H3,(H,15,16)/t9-/m0/s1. The maximum atomic E-state index is 10.6. The molecule has 0 saturated carbocycles. The number of hydrogen-bond donors (Lipinski definition) is 2. The van der Waals surface area contributed by atoms with Gasteiger partial charge in [0.1, 0.15) is 6.04 Å². The number of carboxylic acids is 1. The van der Waals surface area contributed by atoms with Gasteiger partial charge >= 0.3 is 5.97 Å². The smallest absolute Gasteiger partial charge is 0.323 e. The number of hydrogen-bond acceptors (Lipinski definition) is 3. The van der Waals surface area contributed by atoms with Crippen LogP contribution in [0.5, 0.6) is 5.75 Å². The van der Waals surface area contributed by atoms with Crippen molar-refractivity contribution in [2.45, 2.75) is 13.0 Å². The quantitative estimate of drug-likeness (QED) is 0.792. The second-order valence-corrected chi connectivity index (χ2v) is 3.76. The molecule has 2 aromatic carbocycles. The fourth-order valence-corrected chi connectivity index (χ4v) is 1.49. The number of carboxylic acid groups (broad SMARTS) is 1. The average Bonchev–Trinajstić information content (AvgIpc) is 2.35. The molecule has 0 aliphatic rings. The Hall–Kier alpha value is -2.07. The Morgan fingerprint density at radius 3 is 2.71 bits per heavy atom. The summed E-state index contributed by atoms with van der Waals surface area (Å²) in [5.41, 5.74) is 2.49.